The van der Waals surface area contributed by atoms with Crippen LogP contribution in [0, 0.1) is 18.7 Å². The molecule has 26 heavy (non-hydrogen) atoms. The third-order valence-corrected chi connectivity index (χ3v) is 4.54. The third kappa shape index (κ3) is 3.81. The summed E-state index contributed by atoms with van der Waals surface area (Å²) < 4.78 is 15.3. The van der Waals surface area contributed by atoms with Gasteiger partial charge >= 0.3 is 12.0 Å². The van der Waals surface area contributed by atoms with Gasteiger partial charge in [0.25, 0.3) is 0 Å². The van der Waals surface area contributed by atoms with Crippen LogP contribution < -0.4 is 5.32 Å². The van der Waals surface area contributed by atoms with Gasteiger partial charge in [-0.2, -0.15) is 0 Å². The molecule has 0 aliphatic carbocycles. The number of aliphatic carboxylic acids is 1. The zero-order valence-electron chi connectivity index (χ0n) is 14.4. The van der Waals surface area contributed by atoms with Crippen LogP contribution in [0.4, 0.5) is 15.0 Å². The van der Waals surface area contributed by atoms with Gasteiger partial charge in [0.1, 0.15) is 5.82 Å². The van der Waals surface area contributed by atoms with Crippen LogP contribution in [0.1, 0.15) is 24.1 Å². The fourth-order valence-corrected chi connectivity index (χ4v) is 2.96. The van der Waals surface area contributed by atoms with E-state index in [-0.39, 0.29) is 24.7 Å². The summed E-state index contributed by atoms with van der Waals surface area (Å²) in [7, 11) is 0. The molecule has 1 atom stereocenters. The Morgan fingerprint density at radius 3 is 2.88 bits per heavy atom. The average Bonchev–Trinajstić information content (AvgIpc) is 2.97. The number of halogens is 1. The lowest BCUT2D eigenvalue weighted by Crippen LogP contribution is -2.44. The van der Waals surface area contributed by atoms with E-state index in [0.717, 1.165) is 0 Å². The van der Waals surface area contributed by atoms with E-state index in [1.54, 1.807) is 25.1 Å². The molecule has 8 nitrogen and oxygen atoms in total. The van der Waals surface area contributed by atoms with E-state index in [0.29, 0.717) is 30.6 Å². The molecule has 0 bridgehead atoms. The second-order valence-electron chi connectivity index (χ2n) is 6.33. The number of nitrogens with zero attached hydrogens (tertiary/aromatic N) is 4. The summed E-state index contributed by atoms with van der Waals surface area (Å²) in [5.74, 6) is -1.49. The summed E-state index contributed by atoms with van der Waals surface area (Å²) in [5, 5.41) is 19.7. The van der Waals surface area contributed by atoms with Crippen molar-refractivity contribution in [3.63, 3.8) is 0 Å². The van der Waals surface area contributed by atoms with Crippen LogP contribution in [0.3, 0.4) is 0 Å². The highest BCUT2D eigenvalue weighted by molar-refractivity contribution is 5.89. The molecule has 1 saturated heterocycles. The van der Waals surface area contributed by atoms with Gasteiger partial charge in [0.2, 0.25) is 0 Å². The maximum atomic E-state index is 13.8. The summed E-state index contributed by atoms with van der Waals surface area (Å²) in [6.07, 6.45) is 1.21. The van der Waals surface area contributed by atoms with Gasteiger partial charge in [0.05, 0.1) is 18.2 Å². The van der Waals surface area contributed by atoms with E-state index in [1.165, 1.54) is 15.6 Å². The predicted octanol–water partition coefficient (Wildman–Crippen LogP) is 2.10. The lowest BCUT2D eigenvalue weighted by atomic mass is 9.99. The number of likely N-dealkylation sites (tertiary alicyclic amines) is 1. The first-order valence-corrected chi connectivity index (χ1v) is 8.38. The second-order valence-corrected chi connectivity index (χ2v) is 6.33. The summed E-state index contributed by atoms with van der Waals surface area (Å²) in [6.45, 7) is 2.60. The van der Waals surface area contributed by atoms with Gasteiger partial charge in [0.15, 0.2) is 5.82 Å². The Labute approximate surface area is 149 Å². The highest BCUT2D eigenvalue weighted by Crippen LogP contribution is 2.19. The Morgan fingerprint density at radius 2 is 2.15 bits per heavy atom. The number of urea groups is 1. The molecule has 0 saturated carbocycles. The lowest BCUT2D eigenvalue weighted by Gasteiger charge is -2.30. The fourth-order valence-electron chi connectivity index (χ4n) is 2.96. The quantitative estimate of drug-likeness (QED) is 0.869. The molecule has 1 fully saturated rings. The Morgan fingerprint density at radius 1 is 1.38 bits per heavy atom. The van der Waals surface area contributed by atoms with Crippen molar-refractivity contribution < 1.29 is 19.1 Å². The van der Waals surface area contributed by atoms with Gasteiger partial charge in [-0.05, 0) is 25.8 Å². The molecule has 1 aromatic heterocycles. The molecule has 138 valence electrons. The van der Waals surface area contributed by atoms with Crippen LogP contribution in [-0.2, 0) is 11.3 Å². The summed E-state index contributed by atoms with van der Waals surface area (Å²) in [5.41, 5.74) is 1.06. The van der Waals surface area contributed by atoms with E-state index in [2.05, 4.69) is 15.6 Å². The number of carboxylic acids is 1. The zero-order valence-corrected chi connectivity index (χ0v) is 14.4. The van der Waals surface area contributed by atoms with Gasteiger partial charge in [0, 0.05) is 18.7 Å². The summed E-state index contributed by atoms with van der Waals surface area (Å²) in [4.78, 5) is 25.0. The van der Waals surface area contributed by atoms with E-state index < -0.39 is 17.9 Å². The largest absolute Gasteiger partial charge is 0.481 e. The van der Waals surface area contributed by atoms with Gasteiger partial charge in [-0.3, -0.25) is 10.1 Å². The van der Waals surface area contributed by atoms with Crippen molar-refractivity contribution in [1.82, 2.24) is 19.9 Å². The molecule has 3 rings (SSSR count). The van der Waals surface area contributed by atoms with Crippen molar-refractivity contribution in [1.29, 1.82) is 0 Å². The molecular weight excluding hydrogens is 341 g/mol. The molecule has 1 aliphatic rings. The molecule has 0 radical (unpaired) electrons. The molecule has 1 aromatic carbocycles. The molecule has 2 amide bonds. The number of carboxylic acid groups (broad SMARTS) is 1. The Kier molecular flexibility index (Phi) is 5.15. The fraction of sp³-hybridized carbons (Fsp3) is 0.412. The molecule has 1 aliphatic heterocycles. The second kappa shape index (κ2) is 7.51. The minimum atomic E-state index is -0.894. The number of hydrogen-bond acceptors (Lipinski definition) is 4. The first-order valence-electron chi connectivity index (χ1n) is 8.38. The van der Waals surface area contributed by atoms with E-state index in [1.807, 2.05) is 0 Å². The van der Waals surface area contributed by atoms with Crippen LogP contribution in [0.5, 0.6) is 0 Å². The van der Waals surface area contributed by atoms with Crippen LogP contribution in [0.15, 0.2) is 24.3 Å². The molecule has 2 N–H and O–H groups in total. The molecule has 0 spiro atoms. The van der Waals surface area contributed by atoms with Crippen LogP contribution in [0.2, 0.25) is 0 Å². The number of piperidine rings is 1. The number of benzene rings is 1. The minimum Gasteiger partial charge on any atom is -0.481 e. The van der Waals surface area contributed by atoms with Crippen LogP contribution in [-0.4, -0.2) is 50.1 Å². The zero-order chi connectivity index (χ0) is 18.7. The van der Waals surface area contributed by atoms with Crippen molar-refractivity contribution in [2.45, 2.75) is 26.3 Å². The van der Waals surface area contributed by atoms with Crippen molar-refractivity contribution >= 4 is 17.8 Å². The Bertz CT molecular complexity index is 822. The number of aromatic nitrogens is 3. The van der Waals surface area contributed by atoms with E-state index >= 15 is 0 Å². The maximum Gasteiger partial charge on any atom is 0.323 e. The number of amides is 2. The van der Waals surface area contributed by atoms with Crippen molar-refractivity contribution in [3.05, 3.63) is 41.3 Å². The molecule has 2 aromatic rings. The van der Waals surface area contributed by atoms with Crippen molar-refractivity contribution in [2.75, 3.05) is 18.4 Å². The smallest absolute Gasteiger partial charge is 0.323 e. The van der Waals surface area contributed by atoms with Crippen LogP contribution in [0.25, 0.3) is 0 Å². The van der Waals surface area contributed by atoms with Gasteiger partial charge < -0.3 is 10.0 Å². The van der Waals surface area contributed by atoms with E-state index in [9.17, 15) is 14.0 Å². The Hall–Kier alpha value is -2.97. The summed E-state index contributed by atoms with van der Waals surface area (Å²) in [6, 6.07) is 5.98. The van der Waals surface area contributed by atoms with E-state index in [4.69, 9.17) is 5.11 Å². The monoisotopic (exact) mass is 361 g/mol. The predicted molar refractivity (Wildman–Crippen MR) is 91.2 cm³/mol. The van der Waals surface area contributed by atoms with Crippen molar-refractivity contribution in [3.8, 4) is 0 Å². The number of carbonyl (C=O) groups excluding carboxylic acids is 1. The number of hydrogen-bond donors (Lipinski definition) is 2. The first kappa shape index (κ1) is 17.8. The average molecular weight is 361 g/mol. The topological polar surface area (TPSA) is 100 Å². The number of anilines is 1. The number of carbonyl (C=O) groups is 2. The van der Waals surface area contributed by atoms with Gasteiger partial charge in [-0.15, -0.1) is 5.10 Å². The number of nitrogens with one attached hydrogen (secondary N) is 1. The summed E-state index contributed by atoms with van der Waals surface area (Å²) >= 11 is 0. The van der Waals surface area contributed by atoms with Gasteiger partial charge in [-0.25, -0.2) is 13.9 Å². The highest BCUT2D eigenvalue weighted by atomic mass is 19.1. The lowest BCUT2D eigenvalue weighted by molar-refractivity contribution is -0.143. The first-order chi connectivity index (χ1) is 12.5. The highest BCUT2D eigenvalue weighted by Gasteiger charge is 2.28. The maximum absolute atomic E-state index is 13.8. The number of rotatable bonds is 4. The van der Waals surface area contributed by atoms with Crippen molar-refractivity contribution in [2.24, 2.45) is 5.92 Å². The van der Waals surface area contributed by atoms with Crippen LogP contribution >= 0.6 is 0 Å². The molecule has 1 unspecified atom stereocenters. The third-order valence-electron chi connectivity index (χ3n) is 4.54. The molecule has 2 heterocycles. The molecular formula is C17H20FN5O3. The Balaban J connectivity index is 1.67. The normalized spacial score (nSPS) is 17.2. The molecule has 9 heteroatoms. The standard InChI is InChI=1S/C17H20FN5O3/c1-11-15(19-17(26)22-8-4-6-13(9-22)16(24)25)20-21-23(11)10-12-5-2-3-7-14(12)18/h2-3,5,7,13H,4,6,8-10H2,1H3,(H,19,26)(H,24,25). The van der Waals surface area contributed by atoms with Gasteiger partial charge in [-0.1, -0.05) is 23.4 Å². The minimum absolute atomic E-state index is 0.170. The SMILES string of the molecule is Cc1c(NC(=O)N2CCCC(C(=O)O)C2)nnn1Cc1ccccc1F.